The van der Waals surface area contributed by atoms with Gasteiger partial charge < -0.3 is 30.9 Å². The van der Waals surface area contributed by atoms with Gasteiger partial charge in [0.2, 0.25) is 5.91 Å². The Morgan fingerprint density at radius 3 is 2.14 bits per heavy atom. The molecule has 4 N–H and O–H groups in total. The molecule has 37 heavy (non-hydrogen) atoms. The molecule has 1 rings (SSSR count). The van der Waals surface area contributed by atoms with Crippen LogP contribution in [0.2, 0.25) is 0 Å². The molecule has 0 spiro atoms. The third-order valence-corrected chi connectivity index (χ3v) is 6.88. The summed E-state index contributed by atoms with van der Waals surface area (Å²) in [4.78, 5) is 29.1. The van der Waals surface area contributed by atoms with E-state index in [0.717, 1.165) is 84.8 Å². The van der Waals surface area contributed by atoms with Crippen molar-refractivity contribution < 1.29 is 14.3 Å². The van der Waals surface area contributed by atoms with Gasteiger partial charge in [0.05, 0.1) is 5.92 Å². The highest BCUT2D eigenvalue weighted by atomic mass is 16.6. The monoisotopic (exact) mass is 526 g/mol. The van der Waals surface area contributed by atoms with Crippen LogP contribution in [0.25, 0.3) is 0 Å². The highest BCUT2D eigenvalue weighted by Crippen LogP contribution is 2.21. The zero-order chi connectivity index (χ0) is 27.5. The Bertz CT molecular complexity index is 605. The van der Waals surface area contributed by atoms with E-state index in [1.54, 1.807) is 4.90 Å². The van der Waals surface area contributed by atoms with Gasteiger partial charge in [0, 0.05) is 72.0 Å². The van der Waals surface area contributed by atoms with Crippen molar-refractivity contribution in [1.29, 1.82) is 0 Å². The number of rotatable bonds is 19. The number of hydrogen-bond acceptors (Lipinski definition) is 7. The molecule has 0 aromatic carbocycles. The minimum Gasteiger partial charge on any atom is -0.444 e. The normalized spacial score (nSPS) is 16.4. The Kier molecular flexibility index (Phi) is 17.8. The van der Waals surface area contributed by atoms with Crippen LogP contribution < -0.4 is 21.3 Å². The Hall–Kier alpha value is -1.42. The molecule has 9 heteroatoms. The summed E-state index contributed by atoms with van der Waals surface area (Å²) in [5.41, 5.74) is -0.446. The molecule has 1 heterocycles. The first kappa shape index (κ1) is 33.6. The molecule has 0 aliphatic carbocycles. The predicted molar refractivity (Wildman–Crippen MR) is 153 cm³/mol. The summed E-state index contributed by atoms with van der Waals surface area (Å²) in [6, 6.07) is 0. The maximum atomic E-state index is 12.8. The van der Waals surface area contributed by atoms with Crippen molar-refractivity contribution in [3.8, 4) is 0 Å². The number of ether oxygens (including phenoxy) is 1. The average molecular weight is 527 g/mol. The van der Waals surface area contributed by atoms with Gasteiger partial charge in [0.15, 0.2) is 0 Å². The summed E-state index contributed by atoms with van der Waals surface area (Å²) < 4.78 is 5.46. The third kappa shape index (κ3) is 16.2. The summed E-state index contributed by atoms with van der Waals surface area (Å²) in [6.07, 6.45) is 5.60. The van der Waals surface area contributed by atoms with Crippen LogP contribution in [0.5, 0.6) is 0 Å². The number of piperazine rings is 1. The SMILES string of the molecule is CCCCC(CC)CC(CNCC)C(=O)NCCNCCNCCN1CCN(C(=O)OC(C)(C)C)CC1. The van der Waals surface area contributed by atoms with Gasteiger partial charge in [-0.3, -0.25) is 9.69 Å². The van der Waals surface area contributed by atoms with E-state index < -0.39 is 5.60 Å². The molecule has 2 atom stereocenters. The number of nitrogens with one attached hydrogen (secondary N) is 4. The molecule has 1 aliphatic heterocycles. The van der Waals surface area contributed by atoms with E-state index in [2.05, 4.69) is 46.9 Å². The van der Waals surface area contributed by atoms with Gasteiger partial charge >= 0.3 is 6.09 Å². The van der Waals surface area contributed by atoms with E-state index >= 15 is 0 Å². The van der Waals surface area contributed by atoms with Gasteiger partial charge in [0.1, 0.15) is 5.60 Å². The molecule has 0 aromatic heterocycles. The fourth-order valence-electron chi connectivity index (χ4n) is 4.55. The third-order valence-electron chi connectivity index (χ3n) is 6.88. The van der Waals surface area contributed by atoms with Gasteiger partial charge in [-0.2, -0.15) is 0 Å². The van der Waals surface area contributed by atoms with Crippen molar-refractivity contribution in [1.82, 2.24) is 31.1 Å². The second-order valence-corrected chi connectivity index (χ2v) is 11.3. The van der Waals surface area contributed by atoms with Crippen molar-refractivity contribution in [3.05, 3.63) is 0 Å². The molecule has 1 saturated heterocycles. The molecule has 0 aromatic rings. The van der Waals surface area contributed by atoms with Crippen LogP contribution in [0.3, 0.4) is 0 Å². The quantitative estimate of drug-likeness (QED) is 0.192. The average Bonchev–Trinajstić information content (AvgIpc) is 2.86. The maximum Gasteiger partial charge on any atom is 0.410 e. The molecule has 9 nitrogen and oxygen atoms in total. The van der Waals surface area contributed by atoms with Crippen molar-refractivity contribution in [2.24, 2.45) is 11.8 Å². The van der Waals surface area contributed by atoms with Gasteiger partial charge in [0.25, 0.3) is 0 Å². The first-order valence-electron chi connectivity index (χ1n) is 14.8. The molecule has 1 fully saturated rings. The summed E-state index contributed by atoms with van der Waals surface area (Å²) in [7, 11) is 0. The molecule has 2 amide bonds. The number of carbonyl (C=O) groups excluding carboxylic acids is 2. The second kappa shape index (κ2) is 19.6. The first-order valence-corrected chi connectivity index (χ1v) is 14.8. The van der Waals surface area contributed by atoms with Crippen LogP contribution in [-0.4, -0.2) is 106 Å². The lowest BCUT2D eigenvalue weighted by molar-refractivity contribution is -0.125. The van der Waals surface area contributed by atoms with E-state index in [9.17, 15) is 9.59 Å². The van der Waals surface area contributed by atoms with Crippen LogP contribution in [-0.2, 0) is 9.53 Å². The van der Waals surface area contributed by atoms with Gasteiger partial charge in [-0.05, 0) is 39.7 Å². The smallest absolute Gasteiger partial charge is 0.410 e. The number of carbonyl (C=O) groups is 2. The zero-order valence-corrected chi connectivity index (χ0v) is 24.8. The molecule has 1 aliphatic rings. The highest BCUT2D eigenvalue weighted by Gasteiger charge is 2.25. The van der Waals surface area contributed by atoms with Crippen LogP contribution in [0.15, 0.2) is 0 Å². The lowest BCUT2D eigenvalue weighted by Gasteiger charge is -2.35. The Labute approximate surface area is 227 Å². The molecule has 218 valence electrons. The minimum atomic E-state index is -0.446. The zero-order valence-electron chi connectivity index (χ0n) is 24.8. The largest absolute Gasteiger partial charge is 0.444 e. The molecule has 2 unspecified atom stereocenters. The standard InChI is InChI=1S/C28H58N6O3/c1-7-10-11-24(8-2)22-25(23-29-9-3)26(35)32-15-14-30-12-13-31-16-17-33-18-20-34(21-19-33)27(36)37-28(4,5)6/h24-25,29-31H,7-23H2,1-6H3,(H,32,35). The molecule has 0 saturated carbocycles. The number of amides is 2. The second-order valence-electron chi connectivity index (χ2n) is 11.3. The van der Waals surface area contributed by atoms with Crippen LogP contribution in [0, 0.1) is 11.8 Å². The van der Waals surface area contributed by atoms with E-state index in [1.807, 2.05) is 20.8 Å². The Balaban J connectivity index is 2.11. The summed E-state index contributed by atoms with van der Waals surface area (Å²) >= 11 is 0. The van der Waals surface area contributed by atoms with Crippen LogP contribution in [0.4, 0.5) is 4.79 Å². The number of unbranched alkanes of at least 4 members (excludes halogenated alkanes) is 1. The highest BCUT2D eigenvalue weighted by molar-refractivity contribution is 5.78. The van der Waals surface area contributed by atoms with Crippen molar-refractivity contribution in [2.45, 2.75) is 79.2 Å². The minimum absolute atomic E-state index is 0.0504. The van der Waals surface area contributed by atoms with E-state index in [-0.39, 0.29) is 17.9 Å². The molecular weight excluding hydrogens is 468 g/mol. The van der Waals surface area contributed by atoms with Crippen LogP contribution in [0.1, 0.15) is 73.6 Å². The van der Waals surface area contributed by atoms with Crippen LogP contribution >= 0.6 is 0 Å². The van der Waals surface area contributed by atoms with Crippen molar-refractivity contribution >= 4 is 12.0 Å². The maximum absolute atomic E-state index is 12.8. The number of hydrogen-bond donors (Lipinski definition) is 4. The van der Waals surface area contributed by atoms with E-state index in [1.165, 1.54) is 19.3 Å². The van der Waals surface area contributed by atoms with E-state index in [0.29, 0.717) is 12.5 Å². The lowest BCUT2D eigenvalue weighted by Crippen LogP contribution is -2.51. The van der Waals surface area contributed by atoms with E-state index in [4.69, 9.17) is 4.74 Å². The summed E-state index contributed by atoms with van der Waals surface area (Å²) in [6.45, 7) is 22.2. The Morgan fingerprint density at radius 2 is 1.54 bits per heavy atom. The lowest BCUT2D eigenvalue weighted by atomic mass is 9.88. The van der Waals surface area contributed by atoms with Gasteiger partial charge in [-0.15, -0.1) is 0 Å². The number of nitrogens with zero attached hydrogens (tertiary/aromatic N) is 2. The van der Waals surface area contributed by atoms with Gasteiger partial charge in [-0.1, -0.05) is 46.5 Å². The van der Waals surface area contributed by atoms with Crippen molar-refractivity contribution in [2.75, 3.05) is 78.5 Å². The molecule has 0 radical (unpaired) electrons. The predicted octanol–water partition coefficient (Wildman–Crippen LogP) is 2.67. The fraction of sp³-hybridized carbons (Fsp3) is 0.929. The molecular formula is C28H58N6O3. The Morgan fingerprint density at radius 1 is 0.892 bits per heavy atom. The topological polar surface area (TPSA) is 98.0 Å². The summed E-state index contributed by atoms with van der Waals surface area (Å²) in [5.74, 6) is 0.865. The fourth-order valence-corrected chi connectivity index (χ4v) is 4.55. The molecule has 0 bridgehead atoms. The van der Waals surface area contributed by atoms with Crippen molar-refractivity contribution in [3.63, 3.8) is 0 Å². The van der Waals surface area contributed by atoms with Gasteiger partial charge in [-0.25, -0.2) is 4.79 Å². The first-order chi connectivity index (χ1) is 17.7. The summed E-state index contributed by atoms with van der Waals surface area (Å²) in [5, 5.41) is 13.4.